The summed E-state index contributed by atoms with van der Waals surface area (Å²) in [4.78, 5) is 13.0. The number of ether oxygens (including phenoxy) is 1. The van der Waals surface area contributed by atoms with Crippen LogP contribution in [0.5, 0.6) is 0 Å². The second-order valence-corrected chi connectivity index (χ2v) is 10.2. The Hall–Kier alpha value is -0.670. The molecule has 0 aromatic carbocycles. The number of aliphatic hydroxyl groups is 1. The van der Waals surface area contributed by atoms with Crippen molar-refractivity contribution in [2.45, 2.75) is 78.7 Å². The molecule has 0 spiro atoms. The van der Waals surface area contributed by atoms with E-state index in [4.69, 9.17) is 4.74 Å². The van der Waals surface area contributed by atoms with Crippen molar-refractivity contribution in [3.63, 3.8) is 0 Å². The third-order valence-corrected chi connectivity index (χ3v) is 5.91. The predicted octanol–water partition coefficient (Wildman–Crippen LogP) is 4.04. The average molecular weight is 320 g/mol. The molecule has 1 N–H and O–H groups in total. The van der Waals surface area contributed by atoms with Crippen LogP contribution in [-0.2, 0) is 9.53 Å². The number of carbonyl (C=O) groups excluding carboxylic acids is 1. The minimum atomic E-state index is -0.472. The Kier molecular flexibility index (Phi) is 3.85. The van der Waals surface area contributed by atoms with Crippen molar-refractivity contribution >= 4 is 5.78 Å². The molecule has 0 saturated heterocycles. The molecule has 3 nitrogen and oxygen atoms in total. The van der Waals surface area contributed by atoms with Gasteiger partial charge in [0, 0.05) is 12.0 Å². The Morgan fingerprint density at radius 2 is 1.65 bits per heavy atom. The first-order chi connectivity index (χ1) is 10.5. The van der Waals surface area contributed by atoms with Crippen molar-refractivity contribution in [2.75, 3.05) is 13.2 Å². The molecular formula is C20H32O3. The van der Waals surface area contributed by atoms with Crippen molar-refractivity contribution in [3.05, 3.63) is 11.1 Å². The van der Waals surface area contributed by atoms with Crippen LogP contribution in [0.25, 0.3) is 0 Å². The molecule has 0 radical (unpaired) electrons. The van der Waals surface area contributed by atoms with Crippen LogP contribution >= 0.6 is 0 Å². The number of hydrogen-bond donors (Lipinski definition) is 1. The molecule has 0 amide bonds. The van der Waals surface area contributed by atoms with Gasteiger partial charge in [0.2, 0.25) is 0 Å². The fourth-order valence-corrected chi connectivity index (χ4v) is 6.21. The maximum absolute atomic E-state index is 13.0. The highest BCUT2D eigenvalue weighted by Crippen LogP contribution is 2.62. The van der Waals surface area contributed by atoms with Crippen LogP contribution in [0.1, 0.15) is 73.1 Å². The lowest BCUT2D eigenvalue weighted by atomic mass is 9.49. The van der Waals surface area contributed by atoms with Crippen LogP contribution < -0.4 is 0 Å². The van der Waals surface area contributed by atoms with Gasteiger partial charge >= 0.3 is 0 Å². The lowest BCUT2D eigenvalue weighted by Crippen LogP contribution is -2.56. The monoisotopic (exact) mass is 320 g/mol. The number of ketones is 1. The Bertz CT molecular complexity index is 557. The lowest BCUT2D eigenvalue weighted by Gasteiger charge is -2.58. The zero-order valence-corrected chi connectivity index (χ0v) is 15.4. The van der Waals surface area contributed by atoms with Crippen molar-refractivity contribution in [2.24, 2.45) is 16.2 Å². The molecule has 3 heteroatoms. The van der Waals surface area contributed by atoms with Gasteiger partial charge < -0.3 is 9.84 Å². The van der Waals surface area contributed by atoms with E-state index in [-0.39, 0.29) is 28.6 Å². The van der Waals surface area contributed by atoms with Gasteiger partial charge in [0.05, 0.1) is 18.8 Å². The van der Waals surface area contributed by atoms with E-state index in [1.54, 1.807) is 0 Å². The summed E-state index contributed by atoms with van der Waals surface area (Å²) in [6.07, 6.45) is 5.65. The number of Topliss-reactive ketones (excluding diaryl/α,β-unsaturated/α-hetero) is 1. The third kappa shape index (κ3) is 3.02. The summed E-state index contributed by atoms with van der Waals surface area (Å²) in [6.45, 7) is 11.7. The maximum atomic E-state index is 13.0. The van der Waals surface area contributed by atoms with Gasteiger partial charge in [-0.05, 0) is 48.3 Å². The Morgan fingerprint density at radius 1 is 0.957 bits per heavy atom. The van der Waals surface area contributed by atoms with E-state index < -0.39 is 5.60 Å². The normalized spacial score (nSPS) is 38.4. The molecule has 23 heavy (non-hydrogen) atoms. The molecule has 2 unspecified atom stereocenters. The van der Waals surface area contributed by atoms with Gasteiger partial charge in [0.1, 0.15) is 0 Å². The second-order valence-electron chi connectivity index (χ2n) is 10.2. The van der Waals surface area contributed by atoms with Crippen LogP contribution in [0, 0.1) is 16.2 Å². The van der Waals surface area contributed by atoms with E-state index in [0.29, 0.717) is 13.0 Å². The number of allylic oxidation sites excluding steroid dienone is 1. The number of rotatable bonds is 3. The summed E-state index contributed by atoms with van der Waals surface area (Å²) in [7, 11) is 0. The topological polar surface area (TPSA) is 46.5 Å². The first kappa shape index (κ1) is 17.2. The molecular weight excluding hydrogens is 288 g/mol. The molecule has 2 atom stereocenters. The molecule has 3 aliphatic rings. The van der Waals surface area contributed by atoms with Gasteiger partial charge in [-0.15, -0.1) is 0 Å². The Morgan fingerprint density at radius 3 is 2.30 bits per heavy atom. The Labute approximate surface area is 140 Å². The minimum absolute atomic E-state index is 0.0151. The van der Waals surface area contributed by atoms with Gasteiger partial charge in [0.25, 0.3) is 0 Å². The van der Waals surface area contributed by atoms with Crippen molar-refractivity contribution in [1.82, 2.24) is 0 Å². The third-order valence-electron chi connectivity index (χ3n) is 5.91. The molecule has 0 aromatic rings. The smallest absolute Gasteiger partial charge is 0.162 e. The summed E-state index contributed by atoms with van der Waals surface area (Å²) in [5.41, 5.74) is 2.27. The van der Waals surface area contributed by atoms with Crippen molar-refractivity contribution < 1.29 is 14.6 Å². The molecule has 3 rings (SSSR count). The maximum Gasteiger partial charge on any atom is 0.162 e. The van der Waals surface area contributed by atoms with Crippen LogP contribution in [0.3, 0.4) is 0 Å². The molecule has 0 aromatic heterocycles. The molecule has 1 fully saturated rings. The molecule has 2 bridgehead atoms. The fraction of sp³-hybridized carbons (Fsp3) is 0.850. The van der Waals surface area contributed by atoms with Gasteiger partial charge in [-0.25, -0.2) is 0 Å². The zero-order valence-electron chi connectivity index (χ0n) is 15.4. The quantitative estimate of drug-likeness (QED) is 0.853. The number of carbonyl (C=O) groups is 1. The highest BCUT2D eigenvalue weighted by Gasteiger charge is 2.58. The van der Waals surface area contributed by atoms with Gasteiger partial charge in [0.15, 0.2) is 5.78 Å². The standard InChI is InChI=1S/C20H32O3/c1-17(2)8-14-9-19(5)11-18(3,4)12-20(13-19,23-7-6-21)16(14)15(22)10-17/h21H,6-13H2,1-5H3. The van der Waals surface area contributed by atoms with Crippen molar-refractivity contribution in [1.29, 1.82) is 0 Å². The first-order valence-electron chi connectivity index (χ1n) is 9.01. The van der Waals surface area contributed by atoms with Crippen LogP contribution in [0.2, 0.25) is 0 Å². The lowest BCUT2D eigenvalue weighted by molar-refractivity contribution is -0.142. The fourth-order valence-electron chi connectivity index (χ4n) is 6.21. The predicted molar refractivity (Wildman–Crippen MR) is 91.2 cm³/mol. The number of hydrogen-bond acceptors (Lipinski definition) is 3. The Balaban J connectivity index is 2.11. The molecule has 0 heterocycles. The summed E-state index contributed by atoms with van der Waals surface area (Å²) in [5.74, 6) is 0.286. The summed E-state index contributed by atoms with van der Waals surface area (Å²) in [6, 6.07) is 0. The van der Waals surface area contributed by atoms with Crippen LogP contribution in [0.4, 0.5) is 0 Å². The second kappa shape index (κ2) is 5.16. The van der Waals surface area contributed by atoms with Crippen LogP contribution in [0.15, 0.2) is 11.1 Å². The first-order valence-corrected chi connectivity index (χ1v) is 9.01. The van der Waals surface area contributed by atoms with E-state index in [0.717, 1.165) is 31.3 Å². The molecule has 0 aliphatic heterocycles. The SMILES string of the molecule is CC1(C)CC(=O)C2=C(C1)CC1(C)CC(C)(C)CC2(OCCO)C1. The van der Waals surface area contributed by atoms with E-state index in [1.807, 2.05) is 0 Å². The number of aliphatic hydroxyl groups excluding tert-OH is 1. The van der Waals surface area contributed by atoms with Gasteiger partial charge in [-0.2, -0.15) is 0 Å². The molecule has 3 aliphatic carbocycles. The van der Waals surface area contributed by atoms with E-state index >= 15 is 0 Å². The highest BCUT2D eigenvalue weighted by atomic mass is 16.5. The largest absolute Gasteiger partial charge is 0.394 e. The summed E-state index contributed by atoms with van der Waals surface area (Å²) < 4.78 is 6.27. The minimum Gasteiger partial charge on any atom is -0.394 e. The molecule has 130 valence electrons. The van der Waals surface area contributed by atoms with Crippen molar-refractivity contribution in [3.8, 4) is 0 Å². The van der Waals surface area contributed by atoms with E-state index in [2.05, 4.69) is 34.6 Å². The summed E-state index contributed by atoms with van der Waals surface area (Å²) >= 11 is 0. The van der Waals surface area contributed by atoms with E-state index in [9.17, 15) is 9.90 Å². The average Bonchev–Trinajstić information content (AvgIpc) is 2.29. The van der Waals surface area contributed by atoms with Crippen LogP contribution in [-0.4, -0.2) is 29.7 Å². The van der Waals surface area contributed by atoms with Gasteiger partial charge in [-0.3, -0.25) is 4.79 Å². The van der Waals surface area contributed by atoms with Gasteiger partial charge in [-0.1, -0.05) is 40.2 Å². The molecule has 1 saturated carbocycles. The highest BCUT2D eigenvalue weighted by molar-refractivity contribution is 5.99. The van der Waals surface area contributed by atoms with E-state index in [1.165, 1.54) is 12.0 Å². The zero-order chi connectivity index (χ0) is 17.1. The number of fused-ring (bicyclic) bond motifs is 3. The summed E-state index contributed by atoms with van der Waals surface area (Å²) in [5, 5.41) is 9.30.